The standard InChI is InChI=1S/C25H20FN3O6/c1-13(2)14-6-11-17-20(12-14)35-25(32)18-4-3-5-19(29(33)34)21(18)22(30)24(17,25)28-23(31)27-16-9-7-15(26)8-10-16/h3-13,32H,1-2H3,(H2,27,28,31). The fourth-order valence-electron chi connectivity index (χ4n) is 4.72. The molecule has 5 rings (SSSR count). The second kappa shape index (κ2) is 7.60. The van der Waals surface area contributed by atoms with Gasteiger partial charge in [-0.2, -0.15) is 0 Å². The van der Waals surface area contributed by atoms with Crippen LogP contribution < -0.4 is 15.4 Å². The SMILES string of the molecule is CC(C)c1ccc2c(c1)OC1(O)c3cccc([N+](=O)[O-])c3C(=O)C21NC(=O)Nc1ccc(F)cc1. The number of amides is 2. The van der Waals surface area contributed by atoms with Gasteiger partial charge in [0.05, 0.1) is 4.92 Å². The zero-order chi connectivity index (χ0) is 25.1. The molecular formula is C25H20FN3O6. The molecular weight excluding hydrogens is 457 g/mol. The van der Waals surface area contributed by atoms with E-state index >= 15 is 0 Å². The number of nitro benzene ring substituents is 1. The number of urea groups is 1. The number of Topliss-reactive ketones (excluding diaryl/α,β-unsaturated/α-hetero) is 1. The molecule has 178 valence electrons. The van der Waals surface area contributed by atoms with Gasteiger partial charge < -0.3 is 20.5 Å². The molecule has 3 N–H and O–H groups in total. The van der Waals surface area contributed by atoms with Crippen LogP contribution in [-0.4, -0.2) is 21.8 Å². The van der Waals surface area contributed by atoms with Crippen LogP contribution in [0, 0.1) is 15.9 Å². The molecule has 1 heterocycles. The third-order valence-corrected chi connectivity index (χ3v) is 6.42. The summed E-state index contributed by atoms with van der Waals surface area (Å²) >= 11 is 0. The van der Waals surface area contributed by atoms with Crippen molar-refractivity contribution in [1.82, 2.24) is 5.32 Å². The molecule has 35 heavy (non-hydrogen) atoms. The molecule has 0 radical (unpaired) electrons. The lowest BCUT2D eigenvalue weighted by Gasteiger charge is -2.34. The summed E-state index contributed by atoms with van der Waals surface area (Å²) in [5.41, 5.74) is -1.93. The number of hydrogen-bond donors (Lipinski definition) is 3. The number of anilines is 1. The predicted molar refractivity (Wildman–Crippen MR) is 123 cm³/mol. The minimum atomic E-state index is -2.44. The first-order chi connectivity index (χ1) is 16.6. The zero-order valence-corrected chi connectivity index (χ0v) is 18.7. The Morgan fingerprint density at radius 1 is 1.11 bits per heavy atom. The number of halogens is 1. The average molecular weight is 477 g/mol. The molecule has 9 nitrogen and oxygen atoms in total. The number of ketones is 1. The smallest absolute Gasteiger partial charge is 0.320 e. The molecule has 0 saturated carbocycles. The van der Waals surface area contributed by atoms with Gasteiger partial charge in [-0.15, -0.1) is 0 Å². The normalized spacial score (nSPS) is 21.7. The van der Waals surface area contributed by atoms with E-state index in [4.69, 9.17) is 4.74 Å². The van der Waals surface area contributed by atoms with Gasteiger partial charge in [-0.1, -0.05) is 38.1 Å². The number of carbonyl (C=O) groups is 2. The maximum Gasteiger partial charge on any atom is 0.320 e. The van der Waals surface area contributed by atoms with Crippen molar-refractivity contribution in [1.29, 1.82) is 0 Å². The molecule has 3 aromatic rings. The van der Waals surface area contributed by atoms with Crippen LogP contribution in [0.1, 0.15) is 46.8 Å². The highest BCUT2D eigenvalue weighted by molar-refractivity contribution is 6.15. The van der Waals surface area contributed by atoms with Crippen molar-refractivity contribution in [2.45, 2.75) is 31.1 Å². The van der Waals surface area contributed by atoms with E-state index < -0.39 is 39.6 Å². The summed E-state index contributed by atoms with van der Waals surface area (Å²) in [4.78, 5) is 37.9. The molecule has 1 aliphatic carbocycles. The van der Waals surface area contributed by atoms with E-state index in [1.54, 1.807) is 18.2 Å². The topological polar surface area (TPSA) is 131 Å². The van der Waals surface area contributed by atoms with Gasteiger partial charge in [-0.25, -0.2) is 9.18 Å². The van der Waals surface area contributed by atoms with Gasteiger partial charge in [0.2, 0.25) is 11.3 Å². The van der Waals surface area contributed by atoms with Crippen LogP contribution in [0.15, 0.2) is 60.7 Å². The summed E-state index contributed by atoms with van der Waals surface area (Å²) in [6.07, 6.45) is 0. The average Bonchev–Trinajstić information content (AvgIpc) is 3.17. The molecule has 2 unspecified atom stereocenters. The van der Waals surface area contributed by atoms with Gasteiger partial charge in [-0.3, -0.25) is 14.9 Å². The minimum Gasteiger partial charge on any atom is -0.454 e. The summed E-state index contributed by atoms with van der Waals surface area (Å²) in [5.74, 6) is -3.55. The highest BCUT2D eigenvalue weighted by Gasteiger charge is 2.73. The fraction of sp³-hybridized carbons (Fsp3) is 0.200. The Labute approximate surface area is 198 Å². The highest BCUT2D eigenvalue weighted by atomic mass is 19.1. The van der Waals surface area contributed by atoms with Crippen LogP contribution in [0.25, 0.3) is 0 Å². The zero-order valence-electron chi connectivity index (χ0n) is 18.7. The van der Waals surface area contributed by atoms with Crippen molar-refractivity contribution in [3.8, 4) is 5.75 Å². The van der Waals surface area contributed by atoms with E-state index in [0.717, 1.165) is 23.8 Å². The maximum absolute atomic E-state index is 13.9. The lowest BCUT2D eigenvalue weighted by atomic mass is 9.82. The molecule has 0 spiro atoms. The number of rotatable bonds is 4. The molecule has 0 saturated heterocycles. The lowest BCUT2D eigenvalue weighted by Crippen LogP contribution is -2.60. The quantitative estimate of drug-likeness (QED) is 0.379. The van der Waals surface area contributed by atoms with E-state index in [1.165, 1.54) is 24.3 Å². The summed E-state index contributed by atoms with van der Waals surface area (Å²) in [6.45, 7) is 3.92. The van der Waals surface area contributed by atoms with Crippen LogP contribution in [0.5, 0.6) is 5.75 Å². The number of fused-ring (bicyclic) bond motifs is 5. The van der Waals surface area contributed by atoms with Gasteiger partial charge in [0, 0.05) is 22.9 Å². The fourth-order valence-corrected chi connectivity index (χ4v) is 4.72. The summed E-state index contributed by atoms with van der Waals surface area (Å²) in [5, 5.41) is 28.6. The number of aliphatic hydroxyl groups is 1. The molecule has 0 bridgehead atoms. The van der Waals surface area contributed by atoms with E-state index in [2.05, 4.69) is 10.6 Å². The number of benzene rings is 3. The van der Waals surface area contributed by atoms with E-state index in [-0.39, 0.29) is 34.0 Å². The molecule has 0 aromatic heterocycles. The van der Waals surface area contributed by atoms with Crippen molar-refractivity contribution in [3.05, 3.63) is 98.8 Å². The summed E-state index contributed by atoms with van der Waals surface area (Å²) in [6, 6.07) is 12.9. The predicted octanol–water partition coefficient (Wildman–Crippen LogP) is 4.31. The number of nitro groups is 1. The van der Waals surface area contributed by atoms with E-state index in [1.807, 2.05) is 13.8 Å². The Balaban J connectivity index is 1.67. The molecule has 0 fully saturated rings. The number of nitrogens with zero attached hydrogens (tertiary/aromatic N) is 1. The second-order valence-corrected chi connectivity index (χ2v) is 8.78. The van der Waals surface area contributed by atoms with Gasteiger partial charge in [0.25, 0.3) is 11.5 Å². The molecule has 3 aromatic carbocycles. The Morgan fingerprint density at radius 3 is 2.49 bits per heavy atom. The van der Waals surface area contributed by atoms with E-state index in [0.29, 0.717) is 0 Å². The van der Waals surface area contributed by atoms with Crippen LogP contribution >= 0.6 is 0 Å². The largest absolute Gasteiger partial charge is 0.454 e. The van der Waals surface area contributed by atoms with Crippen molar-refractivity contribution in [3.63, 3.8) is 0 Å². The Kier molecular flexibility index (Phi) is 4.88. The summed E-state index contributed by atoms with van der Waals surface area (Å²) < 4.78 is 19.2. The van der Waals surface area contributed by atoms with Crippen molar-refractivity contribution in [2.75, 3.05) is 5.32 Å². The Morgan fingerprint density at radius 2 is 1.83 bits per heavy atom. The Bertz CT molecular complexity index is 1410. The van der Waals surface area contributed by atoms with Gasteiger partial charge >= 0.3 is 6.03 Å². The summed E-state index contributed by atoms with van der Waals surface area (Å²) in [7, 11) is 0. The van der Waals surface area contributed by atoms with Gasteiger partial charge in [-0.05, 0) is 41.8 Å². The van der Waals surface area contributed by atoms with Gasteiger partial charge in [0.15, 0.2) is 0 Å². The second-order valence-electron chi connectivity index (χ2n) is 8.78. The first kappa shape index (κ1) is 22.5. The molecule has 2 amide bonds. The third kappa shape index (κ3) is 3.10. The number of ether oxygens (including phenoxy) is 1. The molecule has 10 heteroatoms. The van der Waals surface area contributed by atoms with Crippen LogP contribution in [-0.2, 0) is 11.3 Å². The van der Waals surface area contributed by atoms with Crippen LogP contribution in [0.2, 0.25) is 0 Å². The van der Waals surface area contributed by atoms with Crippen LogP contribution in [0.3, 0.4) is 0 Å². The molecule has 2 aliphatic rings. The van der Waals surface area contributed by atoms with E-state index in [9.17, 15) is 29.2 Å². The minimum absolute atomic E-state index is 0.105. The number of hydrogen-bond acceptors (Lipinski definition) is 6. The van der Waals surface area contributed by atoms with Crippen molar-refractivity contribution in [2.24, 2.45) is 0 Å². The van der Waals surface area contributed by atoms with Crippen molar-refractivity contribution >= 4 is 23.2 Å². The number of nitrogens with one attached hydrogen (secondary N) is 2. The first-order valence-electron chi connectivity index (χ1n) is 10.8. The third-order valence-electron chi connectivity index (χ3n) is 6.42. The maximum atomic E-state index is 13.9. The lowest BCUT2D eigenvalue weighted by molar-refractivity contribution is -0.385. The van der Waals surface area contributed by atoms with Crippen molar-refractivity contribution < 1.29 is 28.7 Å². The van der Waals surface area contributed by atoms with Gasteiger partial charge in [0.1, 0.15) is 17.1 Å². The Hall–Kier alpha value is -4.31. The molecule has 1 aliphatic heterocycles. The first-order valence-corrected chi connectivity index (χ1v) is 10.8. The monoisotopic (exact) mass is 477 g/mol. The number of carbonyl (C=O) groups excluding carboxylic acids is 2. The van der Waals surface area contributed by atoms with Crippen LogP contribution in [0.4, 0.5) is 20.6 Å². The highest BCUT2D eigenvalue weighted by Crippen LogP contribution is 2.59. The molecule has 2 atom stereocenters.